The fraction of sp³-hybridized carbons (Fsp3) is 0.812. The SMILES string of the molecule is C=C(OC1C(=O)OC2C3OC(C)(C)OC3OC12)C(C)(C)CC. The largest absolute Gasteiger partial charge is 0.480 e. The molecule has 3 aliphatic rings. The van der Waals surface area contributed by atoms with Gasteiger partial charge >= 0.3 is 5.97 Å². The van der Waals surface area contributed by atoms with Crippen LogP contribution in [-0.2, 0) is 28.5 Å². The van der Waals surface area contributed by atoms with Crippen molar-refractivity contribution in [3.8, 4) is 0 Å². The first kappa shape index (κ1) is 15.8. The molecule has 22 heavy (non-hydrogen) atoms. The molecule has 0 radical (unpaired) electrons. The van der Waals surface area contributed by atoms with Gasteiger partial charge in [0.15, 0.2) is 24.3 Å². The molecule has 0 aromatic carbocycles. The summed E-state index contributed by atoms with van der Waals surface area (Å²) in [5, 5.41) is 0. The molecule has 5 atom stereocenters. The maximum Gasteiger partial charge on any atom is 0.350 e. The standard InChI is InChI=1S/C16H24O6/c1-7-15(3,4)8(2)18-11-9-10(19-13(11)17)12-14(20-9)22-16(5,6)21-12/h9-12,14H,2,7H2,1,3-6H3. The highest BCUT2D eigenvalue weighted by Crippen LogP contribution is 2.44. The Morgan fingerprint density at radius 3 is 2.59 bits per heavy atom. The second-order valence-electron chi connectivity index (χ2n) is 7.17. The van der Waals surface area contributed by atoms with Gasteiger partial charge in [-0.25, -0.2) is 4.79 Å². The molecule has 3 rings (SSSR count). The van der Waals surface area contributed by atoms with Crippen LogP contribution in [0.25, 0.3) is 0 Å². The van der Waals surface area contributed by atoms with Crippen LogP contribution in [0.15, 0.2) is 12.3 Å². The minimum atomic E-state index is -0.816. The van der Waals surface area contributed by atoms with Gasteiger partial charge in [0.2, 0.25) is 6.10 Å². The molecule has 3 heterocycles. The van der Waals surface area contributed by atoms with E-state index in [1.165, 1.54) is 0 Å². The normalized spacial score (nSPS) is 39.3. The zero-order valence-electron chi connectivity index (χ0n) is 13.8. The Morgan fingerprint density at radius 2 is 1.95 bits per heavy atom. The maximum atomic E-state index is 12.1. The van der Waals surface area contributed by atoms with Crippen LogP contribution in [0.2, 0.25) is 0 Å². The van der Waals surface area contributed by atoms with Gasteiger partial charge in [0, 0.05) is 5.41 Å². The minimum absolute atomic E-state index is 0.220. The number of ether oxygens (including phenoxy) is 5. The highest BCUT2D eigenvalue weighted by molar-refractivity contribution is 5.78. The minimum Gasteiger partial charge on any atom is -0.480 e. The van der Waals surface area contributed by atoms with Gasteiger partial charge in [-0.1, -0.05) is 27.4 Å². The van der Waals surface area contributed by atoms with E-state index >= 15 is 0 Å². The van der Waals surface area contributed by atoms with Crippen molar-refractivity contribution in [2.45, 2.75) is 77.5 Å². The first-order chi connectivity index (χ1) is 10.1. The van der Waals surface area contributed by atoms with Crippen LogP contribution in [0.3, 0.4) is 0 Å². The fourth-order valence-corrected chi connectivity index (χ4v) is 2.84. The average molecular weight is 312 g/mol. The molecule has 5 unspecified atom stereocenters. The van der Waals surface area contributed by atoms with Crippen LogP contribution in [0, 0.1) is 5.41 Å². The van der Waals surface area contributed by atoms with Crippen molar-refractivity contribution in [1.29, 1.82) is 0 Å². The van der Waals surface area contributed by atoms with E-state index in [9.17, 15) is 4.79 Å². The summed E-state index contributed by atoms with van der Waals surface area (Å²) in [5.41, 5.74) is -0.220. The molecule has 0 N–H and O–H groups in total. The van der Waals surface area contributed by atoms with Gasteiger partial charge in [0.05, 0.1) is 5.76 Å². The Balaban J connectivity index is 1.72. The summed E-state index contributed by atoms with van der Waals surface area (Å²) in [6.45, 7) is 13.7. The molecule has 0 spiro atoms. The number of esters is 1. The molecule has 0 aromatic heterocycles. The van der Waals surface area contributed by atoms with E-state index in [1.54, 1.807) is 13.8 Å². The summed E-state index contributed by atoms with van der Waals surface area (Å²) < 4.78 is 28.5. The van der Waals surface area contributed by atoms with E-state index in [1.807, 2.05) is 20.8 Å². The van der Waals surface area contributed by atoms with Crippen molar-refractivity contribution < 1.29 is 28.5 Å². The zero-order chi connectivity index (χ0) is 16.3. The van der Waals surface area contributed by atoms with Crippen molar-refractivity contribution in [3.05, 3.63) is 12.3 Å². The van der Waals surface area contributed by atoms with Gasteiger partial charge in [-0.3, -0.25) is 0 Å². The predicted octanol–water partition coefficient (Wildman–Crippen LogP) is 2.12. The molecule has 0 saturated carbocycles. The Kier molecular flexibility index (Phi) is 3.54. The van der Waals surface area contributed by atoms with Crippen LogP contribution in [0.5, 0.6) is 0 Å². The summed E-state index contributed by atoms with van der Waals surface area (Å²) in [6, 6.07) is 0. The molecule has 0 aromatic rings. The third-order valence-corrected chi connectivity index (χ3v) is 4.72. The molecule has 124 valence electrons. The number of carbonyl (C=O) groups is 1. The number of allylic oxidation sites excluding steroid dienone is 1. The van der Waals surface area contributed by atoms with Crippen LogP contribution < -0.4 is 0 Å². The highest BCUT2D eigenvalue weighted by atomic mass is 16.8. The number of hydrogen-bond acceptors (Lipinski definition) is 6. The van der Waals surface area contributed by atoms with Crippen molar-refractivity contribution in [2.75, 3.05) is 0 Å². The lowest BCUT2D eigenvalue weighted by atomic mass is 9.88. The molecule has 6 nitrogen and oxygen atoms in total. The quantitative estimate of drug-likeness (QED) is 0.585. The number of hydrogen-bond donors (Lipinski definition) is 0. The lowest BCUT2D eigenvalue weighted by molar-refractivity contribution is -0.215. The summed E-state index contributed by atoms with van der Waals surface area (Å²) in [7, 11) is 0. The van der Waals surface area contributed by atoms with Gasteiger partial charge in [-0.2, -0.15) is 0 Å². The van der Waals surface area contributed by atoms with E-state index in [-0.39, 0.29) is 5.41 Å². The smallest absolute Gasteiger partial charge is 0.350 e. The van der Waals surface area contributed by atoms with Crippen molar-refractivity contribution >= 4 is 5.97 Å². The topological polar surface area (TPSA) is 63.2 Å². The van der Waals surface area contributed by atoms with Crippen LogP contribution in [0.4, 0.5) is 0 Å². The van der Waals surface area contributed by atoms with Crippen molar-refractivity contribution in [1.82, 2.24) is 0 Å². The Hall–Kier alpha value is -1.11. The predicted molar refractivity (Wildman–Crippen MR) is 76.7 cm³/mol. The molecular formula is C16H24O6. The number of carbonyl (C=O) groups excluding carboxylic acids is 1. The van der Waals surface area contributed by atoms with E-state index in [0.717, 1.165) is 6.42 Å². The van der Waals surface area contributed by atoms with E-state index in [0.29, 0.717) is 5.76 Å². The second-order valence-corrected chi connectivity index (χ2v) is 7.17. The van der Waals surface area contributed by atoms with Gasteiger partial charge in [0.1, 0.15) is 6.10 Å². The zero-order valence-corrected chi connectivity index (χ0v) is 13.8. The third kappa shape index (κ3) is 2.43. The molecule has 0 amide bonds. The summed E-state index contributed by atoms with van der Waals surface area (Å²) in [4.78, 5) is 12.1. The average Bonchev–Trinajstić information content (AvgIpc) is 2.98. The van der Waals surface area contributed by atoms with Gasteiger partial charge in [-0.15, -0.1) is 0 Å². The van der Waals surface area contributed by atoms with E-state index < -0.39 is 42.5 Å². The first-order valence-electron chi connectivity index (χ1n) is 7.72. The summed E-state index contributed by atoms with van der Waals surface area (Å²) in [6.07, 6.45) is -1.93. The van der Waals surface area contributed by atoms with Gasteiger partial charge in [-0.05, 0) is 20.3 Å². The van der Waals surface area contributed by atoms with Crippen molar-refractivity contribution in [2.24, 2.45) is 5.41 Å². The Bertz CT molecular complexity index is 497. The lowest BCUT2D eigenvalue weighted by Crippen LogP contribution is -2.37. The monoisotopic (exact) mass is 312 g/mol. The van der Waals surface area contributed by atoms with Gasteiger partial charge in [0.25, 0.3) is 0 Å². The Labute approximate surface area is 130 Å². The molecule has 0 aliphatic carbocycles. The Morgan fingerprint density at radius 1 is 1.27 bits per heavy atom. The van der Waals surface area contributed by atoms with Crippen molar-refractivity contribution in [3.63, 3.8) is 0 Å². The first-order valence-corrected chi connectivity index (χ1v) is 7.72. The summed E-state index contributed by atoms with van der Waals surface area (Å²) >= 11 is 0. The molecular weight excluding hydrogens is 288 g/mol. The lowest BCUT2D eigenvalue weighted by Gasteiger charge is -2.28. The molecule has 3 aliphatic heterocycles. The maximum absolute atomic E-state index is 12.1. The summed E-state index contributed by atoms with van der Waals surface area (Å²) in [5.74, 6) is -0.616. The molecule has 3 fully saturated rings. The third-order valence-electron chi connectivity index (χ3n) is 4.72. The van der Waals surface area contributed by atoms with Gasteiger partial charge < -0.3 is 23.7 Å². The van der Waals surface area contributed by atoms with Crippen LogP contribution >= 0.6 is 0 Å². The molecule has 6 heteroatoms. The van der Waals surface area contributed by atoms with E-state index in [4.69, 9.17) is 23.7 Å². The highest BCUT2D eigenvalue weighted by Gasteiger charge is 2.64. The molecule has 3 saturated heterocycles. The number of rotatable bonds is 4. The van der Waals surface area contributed by atoms with Crippen LogP contribution in [0.1, 0.15) is 41.0 Å². The molecule has 0 bridgehead atoms. The van der Waals surface area contributed by atoms with E-state index in [2.05, 4.69) is 6.58 Å². The number of fused-ring (bicyclic) bond motifs is 3. The second kappa shape index (κ2) is 4.94. The van der Waals surface area contributed by atoms with Crippen LogP contribution in [-0.4, -0.2) is 42.5 Å². The fourth-order valence-electron chi connectivity index (χ4n) is 2.84.